The molecule has 0 saturated carbocycles. The minimum Gasteiger partial charge on any atom is -0.333 e. The first-order chi connectivity index (χ1) is 23.6. The zero-order chi connectivity index (χ0) is 33.7. The van der Waals surface area contributed by atoms with Crippen LogP contribution >= 0.6 is 0 Å². The first-order valence-electron chi connectivity index (χ1n) is 16.1. The average molecular weight is 628 g/mol. The molecular formula is C43H41N5. The third-order valence-electron chi connectivity index (χ3n) is 7.76. The Morgan fingerprint density at radius 1 is 0.521 bits per heavy atom. The molecule has 5 heteroatoms. The quantitative estimate of drug-likeness (QED) is 0.179. The van der Waals surface area contributed by atoms with Crippen LogP contribution in [-0.4, -0.2) is 28.5 Å². The van der Waals surface area contributed by atoms with Crippen molar-refractivity contribution in [3.05, 3.63) is 163 Å². The predicted octanol–water partition coefficient (Wildman–Crippen LogP) is 9.76. The molecule has 0 spiro atoms. The summed E-state index contributed by atoms with van der Waals surface area (Å²) in [5.74, 6) is 0.699. The normalized spacial score (nSPS) is 10.6. The van der Waals surface area contributed by atoms with E-state index >= 15 is 0 Å². The fourth-order valence-electron chi connectivity index (χ4n) is 5.29. The second-order valence-electron chi connectivity index (χ2n) is 11.0. The number of nitrogens with two attached hydrogens (primary N) is 2. The van der Waals surface area contributed by atoms with E-state index in [1.165, 1.54) is 18.2 Å². The Kier molecular flexibility index (Phi) is 11.7. The summed E-state index contributed by atoms with van der Waals surface area (Å²) < 4.78 is 0. The minimum atomic E-state index is 0.663. The molecule has 0 unspecified atom stereocenters. The van der Waals surface area contributed by atoms with Gasteiger partial charge in [0.15, 0.2) is 5.82 Å². The van der Waals surface area contributed by atoms with Gasteiger partial charge in [0.25, 0.3) is 0 Å². The van der Waals surface area contributed by atoms with Gasteiger partial charge in [0.2, 0.25) is 0 Å². The van der Waals surface area contributed by atoms with Crippen LogP contribution in [-0.2, 0) is 0 Å². The zero-order valence-corrected chi connectivity index (χ0v) is 27.7. The number of hydrogen-bond donors (Lipinski definition) is 2. The Labute approximate surface area is 283 Å². The zero-order valence-electron chi connectivity index (χ0n) is 27.7. The van der Waals surface area contributed by atoms with Gasteiger partial charge in [0.1, 0.15) is 0 Å². The van der Waals surface area contributed by atoms with E-state index in [4.69, 9.17) is 20.7 Å². The summed E-state index contributed by atoms with van der Waals surface area (Å²) in [6.45, 7) is 4.72. The Morgan fingerprint density at radius 2 is 1.06 bits per heavy atom. The van der Waals surface area contributed by atoms with E-state index in [2.05, 4.69) is 122 Å². The van der Waals surface area contributed by atoms with E-state index in [0.717, 1.165) is 55.8 Å². The second-order valence-corrected chi connectivity index (χ2v) is 11.0. The lowest BCUT2D eigenvalue weighted by atomic mass is 10.00. The summed E-state index contributed by atoms with van der Waals surface area (Å²) in [6.07, 6.45) is 3.83. The van der Waals surface area contributed by atoms with Crippen LogP contribution in [0.5, 0.6) is 0 Å². The Morgan fingerprint density at radius 3 is 1.60 bits per heavy atom. The van der Waals surface area contributed by atoms with Gasteiger partial charge in [-0.3, -0.25) is 0 Å². The van der Waals surface area contributed by atoms with E-state index in [-0.39, 0.29) is 0 Å². The number of hydrogen-bond acceptors (Lipinski definition) is 5. The summed E-state index contributed by atoms with van der Waals surface area (Å²) in [4.78, 5) is 15.1. The van der Waals surface area contributed by atoms with Crippen molar-refractivity contribution in [3.63, 3.8) is 0 Å². The van der Waals surface area contributed by atoms with E-state index in [1.807, 2.05) is 55.5 Å². The second kappa shape index (κ2) is 16.7. The number of aromatic nitrogens is 3. The van der Waals surface area contributed by atoms with E-state index in [1.54, 1.807) is 0 Å². The van der Waals surface area contributed by atoms with Crippen molar-refractivity contribution < 1.29 is 0 Å². The van der Waals surface area contributed by atoms with Crippen LogP contribution in [0, 0.1) is 6.92 Å². The number of pyridine rings is 1. The van der Waals surface area contributed by atoms with Crippen molar-refractivity contribution in [1.82, 2.24) is 15.0 Å². The van der Waals surface area contributed by atoms with Gasteiger partial charge in [0.05, 0.1) is 22.6 Å². The molecule has 0 radical (unpaired) electrons. The minimum absolute atomic E-state index is 0.663. The van der Waals surface area contributed by atoms with Crippen LogP contribution in [0.25, 0.3) is 67.2 Å². The lowest BCUT2D eigenvalue weighted by molar-refractivity contribution is 1.18. The highest BCUT2D eigenvalue weighted by Gasteiger charge is 2.12. The van der Waals surface area contributed by atoms with Crippen LogP contribution in [0.4, 0.5) is 0 Å². The van der Waals surface area contributed by atoms with Crippen LogP contribution < -0.4 is 11.5 Å². The van der Waals surface area contributed by atoms with Crippen LogP contribution in [0.2, 0.25) is 0 Å². The molecule has 0 bridgehead atoms. The largest absolute Gasteiger partial charge is 0.333 e. The van der Waals surface area contributed by atoms with Crippen molar-refractivity contribution in [1.29, 1.82) is 0 Å². The molecule has 238 valence electrons. The Balaban J connectivity index is 0.000000592. The summed E-state index contributed by atoms with van der Waals surface area (Å²) in [6, 6.07) is 50.2. The molecule has 2 aromatic heterocycles. The maximum absolute atomic E-state index is 5.12. The average Bonchev–Trinajstić information content (AvgIpc) is 3.17. The summed E-state index contributed by atoms with van der Waals surface area (Å²) in [5.41, 5.74) is 21.0. The first kappa shape index (κ1) is 33.6. The highest BCUT2D eigenvalue weighted by Crippen LogP contribution is 2.32. The first-order valence-corrected chi connectivity index (χ1v) is 16.1. The van der Waals surface area contributed by atoms with Gasteiger partial charge >= 0.3 is 0 Å². The van der Waals surface area contributed by atoms with Gasteiger partial charge < -0.3 is 11.5 Å². The topological polar surface area (TPSA) is 90.7 Å². The summed E-state index contributed by atoms with van der Waals surface area (Å²) in [7, 11) is 1.50. The van der Waals surface area contributed by atoms with Gasteiger partial charge in [-0.2, -0.15) is 0 Å². The van der Waals surface area contributed by atoms with Crippen LogP contribution in [0.1, 0.15) is 12.5 Å². The molecule has 7 rings (SSSR count). The number of allylic oxidation sites excluding steroid dienone is 1. The molecule has 4 N–H and O–H groups in total. The standard InChI is InChI=1S/C38H27N3.C4H9N.CH5N/c1-26-15-17-27(18-16-26)33-14-8-13-31-23-24-34(39-37(31)33)30-19-21-32(22-20-30)38-40-35(28-9-4-2-5-10-28)25-36(41-38)29-11-6-3-7-12-29;1-2-3-4-5;1-2/h2-25H,1H3;2-3H,4-5H2,1H3;2H2,1H3/b;3-2+;. The monoisotopic (exact) mass is 627 g/mol. The lowest BCUT2D eigenvalue weighted by Gasteiger charge is -2.11. The molecular weight excluding hydrogens is 587 g/mol. The molecule has 5 aromatic carbocycles. The van der Waals surface area contributed by atoms with Crippen molar-refractivity contribution >= 4 is 10.9 Å². The molecule has 7 aromatic rings. The van der Waals surface area contributed by atoms with E-state index in [0.29, 0.717) is 12.4 Å². The van der Waals surface area contributed by atoms with Gasteiger partial charge in [-0.15, -0.1) is 0 Å². The van der Waals surface area contributed by atoms with Crippen molar-refractivity contribution in [2.45, 2.75) is 13.8 Å². The van der Waals surface area contributed by atoms with Gasteiger partial charge in [0, 0.05) is 39.7 Å². The number of benzene rings is 5. The third kappa shape index (κ3) is 8.15. The molecule has 0 aliphatic carbocycles. The van der Waals surface area contributed by atoms with Crippen LogP contribution in [0.3, 0.4) is 0 Å². The molecule has 0 atom stereocenters. The van der Waals surface area contributed by atoms with Crippen molar-refractivity contribution in [2.75, 3.05) is 13.6 Å². The summed E-state index contributed by atoms with van der Waals surface area (Å²) >= 11 is 0. The molecule has 2 heterocycles. The third-order valence-corrected chi connectivity index (χ3v) is 7.76. The Hall–Kier alpha value is -5.75. The number of nitrogens with zero attached hydrogens (tertiary/aromatic N) is 3. The SMILES string of the molecule is C/C=C/CN.CN.Cc1ccc(-c2cccc3ccc(-c4ccc(-c5nc(-c6ccccc6)cc(-c6ccccc6)n5)cc4)nc23)cc1. The summed E-state index contributed by atoms with van der Waals surface area (Å²) in [5, 5.41) is 1.13. The maximum atomic E-state index is 5.12. The van der Waals surface area contributed by atoms with Gasteiger partial charge in [-0.05, 0) is 38.6 Å². The fourth-order valence-corrected chi connectivity index (χ4v) is 5.29. The van der Waals surface area contributed by atoms with Crippen molar-refractivity contribution in [3.8, 4) is 56.3 Å². The highest BCUT2D eigenvalue weighted by molar-refractivity contribution is 5.95. The number of rotatable bonds is 6. The number of fused-ring (bicyclic) bond motifs is 1. The highest BCUT2D eigenvalue weighted by atomic mass is 14.9. The van der Waals surface area contributed by atoms with Gasteiger partial charge in [-0.25, -0.2) is 15.0 Å². The molecule has 48 heavy (non-hydrogen) atoms. The molecule has 0 amide bonds. The lowest BCUT2D eigenvalue weighted by Crippen LogP contribution is -1.96. The Bertz CT molecular complexity index is 2010. The fraction of sp³-hybridized carbons (Fsp3) is 0.0930. The molecule has 0 aliphatic heterocycles. The van der Waals surface area contributed by atoms with Crippen LogP contribution in [0.15, 0.2) is 158 Å². The maximum Gasteiger partial charge on any atom is 0.160 e. The smallest absolute Gasteiger partial charge is 0.160 e. The predicted molar refractivity (Wildman–Crippen MR) is 203 cm³/mol. The van der Waals surface area contributed by atoms with E-state index in [9.17, 15) is 0 Å². The molecule has 0 fully saturated rings. The molecule has 5 nitrogen and oxygen atoms in total. The number of para-hydroxylation sites is 1. The molecule has 0 aliphatic rings. The van der Waals surface area contributed by atoms with Crippen molar-refractivity contribution in [2.24, 2.45) is 11.5 Å². The van der Waals surface area contributed by atoms with E-state index < -0.39 is 0 Å². The van der Waals surface area contributed by atoms with Gasteiger partial charge in [-0.1, -0.05) is 151 Å². The number of aryl methyl sites for hydroxylation is 1. The molecule has 0 saturated heterocycles.